The number of nitrogens with two attached hydrogens (primary N) is 1. The van der Waals surface area contributed by atoms with E-state index in [0.717, 1.165) is 10.0 Å². The molecule has 0 aliphatic carbocycles. The van der Waals surface area contributed by atoms with Crippen molar-refractivity contribution in [3.05, 3.63) is 45.7 Å². The zero-order chi connectivity index (χ0) is 12.0. The van der Waals surface area contributed by atoms with E-state index in [4.69, 9.17) is 16.3 Å². The maximum absolute atomic E-state index is 8.69. The number of aliphatic imine (C=N–C) groups is 1. The monoisotopic (exact) mass is 274 g/mol. The van der Waals surface area contributed by atoms with Crippen LogP contribution in [0.15, 0.2) is 45.1 Å². The summed E-state index contributed by atoms with van der Waals surface area (Å²) in [6, 6.07) is 10.8. The number of hydrogen-bond acceptors (Lipinski definition) is 4. The van der Waals surface area contributed by atoms with E-state index < -0.39 is 0 Å². The number of nitriles is 2. The third kappa shape index (κ3) is 3.23. The zero-order valence-corrected chi connectivity index (χ0v) is 9.77. The average molecular weight is 275 g/mol. The highest BCUT2D eigenvalue weighted by molar-refractivity contribution is 9.10. The lowest BCUT2D eigenvalue weighted by Crippen LogP contribution is -1.97. The fourth-order valence-corrected chi connectivity index (χ4v) is 1.16. The minimum absolute atomic E-state index is 0.0783. The highest BCUT2D eigenvalue weighted by Gasteiger charge is 1.98. The molecule has 0 spiro atoms. The van der Waals surface area contributed by atoms with Gasteiger partial charge in [-0.3, -0.25) is 0 Å². The van der Waals surface area contributed by atoms with Crippen molar-refractivity contribution >= 4 is 22.1 Å². The molecule has 1 rings (SSSR count). The van der Waals surface area contributed by atoms with Gasteiger partial charge in [0.15, 0.2) is 5.70 Å². The Morgan fingerprint density at radius 1 is 1.25 bits per heavy atom. The second-order valence-electron chi connectivity index (χ2n) is 2.80. The lowest BCUT2D eigenvalue weighted by Gasteiger charge is -1.93. The van der Waals surface area contributed by atoms with Gasteiger partial charge >= 0.3 is 0 Å². The second kappa shape index (κ2) is 5.69. The molecule has 0 saturated carbocycles. The Morgan fingerprint density at radius 2 is 1.88 bits per heavy atom. The molecule has 0 unspecified atom stereocenters. The van der Waals surface area contributed by atoms with Crippen LogP contribution < -0.4 is 5.73 Å². The molecule has 0 aliphatic heterocycles. The first-order valence-electron chi connectivity index (χ1n) is 4.27. The maximum Gasteiger partial charge on any atom is 0.174 e. The minimum Gasteiger partial charge on any atom is -0.388 e. The van der Waals surface area contributed by atoms with Crippen molar-refractivity contribution in [2.45, 2.75) is 0 Å². The first-order valence-corrected chi connectivity index (χ1v) is 5.06. The summed E-state index contributed by atoms with van der Waals surface area (Å²) in [6.45, 7) is 0. The highest BCUT2D eigenvalue weighted by atomic mass is 79.9. The van der Waals surface area contributed by atoms with Gasteiger partial charge in [0.25, 0.3) is 0 Å². The zero-order valence-electron chi connectivity index (χ0n) is 8.18. The fourth-order valence-electron chi connectivity index (χ4n) is 0.900. The Balaban J connectivity index is 2.94. The Labute approximate surface area is 101 Å². The third-order valence-corrected chi connectivity index (χ3v) is 2.22. The summed E-state index contributed by atoms with van der Waals surface area (Å²) in [7, 11) is 0. The van der Waals surface area contributed by atoms with Gasteiger partial charge in [-0.1, -0.05) is 28.1 Å². The van der Waals surface area contributed by atoms with Crippen LogP contribution in [-0.2, 0) is 0 Å². The van der Waals surface area contributed by atoms with E-state index in [1.807, 2.05) is 24.3 Å². The van der Waals surface area contributed by atoms with Gasteiger partial charge in [0, 0.05) is 10.7 Å². The fraction of sp³-hybridized carbons (Fsp3) is 0. The number of rotatable bonds is 2. The Bertz CT molecular complexity index is 514. The highest BCUT2D eigenvalue weighted by Crippen LogP contribution is 2.09. The molecular formula is C11H7BrN4. The number of allylic oxidation sites excluding steroid dienone is 2. The molecule has 0 saturated heterocycles. The first kappa shape index (κ1) is 12.0. The van der Waals surface area contributed by atoms with Crippen molar-refractivity contribution < 1.29 is 0 Å². The van der Waals surface area contributed by atoms with Gasteiger partial charge < -0.3 is 5.73 Å². The Hall–Kier alpha value is -2.11. The molecular weight excluding hydrogens is 268 g/mol. The summed E-state index contributed by atoms with van der Waals surface area (Å²) < 4.78 is 0.956. The van der Waals surface area contributed by atoms with E-state index in [-0.39, 0.29) is 11.4 Å². The summed E-state index contributed by atoms with van der Waals surface area (Å²) in [4.78, 5) is 3.84. The molecule has 0 fully saturated rings. The van der Waals surface area contributed by atoms with E-state index in [1.54, 1.807) is 12.1 Å². The third-order valence-electron chi connectivity index (χ3n) is 1.69. The molecule has 1 aromatic rings. The van der Waals surface area contributed by atoms with Crippen molar-refractivity contribution in [3.63, 3.8) is 0 Å². The predicted molar refractivity (Wildman–Crippen MR) is 64.2 cm³/mol. The number of hydrogen-bond donors (Lipinski definition) is 1. The second-order valence-corrected chi connectivity index (χ2v) is 3.71. The van der Waals surface area contributed by atoms with E-state index in [1.165, 1.54) is 6.21 Å². The number of benzene rings is 1. The normalized spacial score (nSPS) is 11.7. The molecule has 0 atom stereocenters. The van der Waals surface area contributed by atoms with Gasteiger partial charge in [0.1, 0.15) is 17.8 Å². The van der Waals surface area contributed by atoms with Crippen LogP contribution in [0.4, 0.5) is 0 Å². The Morgan fingerprint density at radius 3 is 2.38 bits per heavy atom. The van der Waals surface area contributed by atoms with Gasteiger partial charge in [0.05, 0.1) is 0 Å². The van der Waals surface area contributed by atoms with Gasteiger partial charge in [-0.15, -0.1) is 0 Å². The molecule has 5 heteroatoms. The average Bonchev–Trinajstić information content (AvgIpc) is 2.31. The largest absolute Gasteiger partial charge is 0.388 e. The van der Waals surface area contributed by atoms with Crippen molar-refractivity contribution in [3.8, 4) is 12.1 Å². The van der Waals surface area contributed by atoms with E-state index in [0.29, 0.717) is 0 Å². The minimum atomic E-state index is -0.184. The molecule has 0 aliphatic rings. The summed E-state index contributed by atoms with van der Waals surface area (Å²) in [5.41, 5.74) is 5.85. The van der Waals surface area contributed by atoms with Gasteiger partial charge in [-0.05, 0) is 17.7 Å². The molecule has 0 aromatic heterocycles. The van der Waals surface area contributed by atoms with Crippen molar-refractivity contribution in [1.29, 1.82) is 10.5 Å². The molecule has 0 amide bonds. The van der Waals surface area contributed by atoms with Gasteiger partial charge in [-0.25, -0.2) is 4.99 Å². The summed E-state index contributed by atoms with van der Waals surface area (Å²) >= 11 is 3.30. The quantitative estimate of drug-likeness (QED) is 0.662. The van der Waals surface area contributed by atoms with E-state index >= 15 is 0 Å². The van der Waals surface area contributed by atoms with Crippen molar-refractivity contribution in [1.82, 2.24) is 0 Å². The van der Waals surface area contributed by atoms with Gasteiger partial charge in [-0.2, -0.15) is 10.5 Å². The van der Waals surface area contributed by atoms with Crippen LogP contribution in [0.5, 0.6) is 0 Å². The molecule has 0 bridgehead atoms. The smallest absolute Gasteiger partial charge is 0.174 e. The van der Waals surface area contributed by atoms with Crippen LogP contribution in [0.3, 0.4) is 0 Å². The van der Waals surface area contributed by atoms with Crippen LogP contribution in [0.1, 0.15) is 5.56 Å². The van der Waals surface area contributed by atoms with E-state index in [2.05, 4.69) is 20.9 Å². The predicted octanol–water partition coefficient (Wildman–Crippen LogP) is 2.09. The lowest BCUT2D eigenvalue weighted by molar-refractivity contribution is 1.27. The standard InChI is InChI=1S/C11H7BrN4/c12-9-3-1-8(2-4-9)7-16-11(6-14)10(15)5-13/h1-4,7H,15H2. The first-order chi connectivity index (χ1) is 7.67. The summed E-state index contributed by atoms with van der Waals surface area (Å²) in [6.07, 6.45) is 1.48. The molecule has 78 valence electrons. The topological polar surface area (TPSA) is 86.0 Å². The SMILES string of the molecule is N#CC(N)=C(C#N)N=Cc1ccc(Br)cc1. The molecule has 2 N–H and O–H groups in total. The molecule has 4 nitrogen and oxygen atoms in total. The molecule has 0 heterocycles. The summed E-state index contributed by atoms with van der Waals surface area (Å²) in [5, 5.41) is 17.2. The van der Waals surface area contributed by atoms with Crippen LogP contribution in [0.25, 0.3) is 0 Å². The van der Waals surface area contributed by atoms with Crippen LogP contribution >= 0.6 is 15.9 Å². The van der Waals surface area contributed by atoms with Crippen LogP contribution in [0.2, 0.25) is 0 Å². The molecule has 16 heavy (non-hydrogen) atoms. The molecule has 0 radical (unpaired) electrons. The number of halogens is 1. The van der Waals surface area contributed by atoms with E-state index in [9.17, 15) is 0 Å². The maximum atomic E-state index is 8.69. The van der Waals surface area contributed by atoms with Crippen LogP contribution in [0, 0.1) is 22.7 Å². The van der Waals surface area contributed by atoms with Gasteiger partial charge in [0.2, 0.25) is 0 Å². The number of nitrogens with zero attached hydrogens (tertiary/aromatic N) is 3. The van der Waals surface area contributed by atoms with Crippen LogP contribution in [-0.4, -0.2) is 6.21 Å². The Kier molecular flexibility index (Phi) is 4.26. The lowest BCUT2D eigenvalue weighted by atomic mass is 10.2. The molecule has 1 aromatic carbocycles. The summed E-state index contributed by atoms with van der Waals surface area (Å²) in [5.74, 6) is 0. The van der Waals surface area contributed by atoms with Crippen molar-refractivity contribution in [2.75, 3.05) is 0 Å². The van der Waals surface area contributed by atoms with Crippen molar-refractivity contribution in [2.24, 2.45) is 10.7 Å².